The number of benzene rings is 1. The predicted octanol–water partition coefficient (Wildman–Crippen LogP) is 3.43. The molecule has 25 heavy (non-hydrogen) atoms. The van der Waals surface area contributed by atoms with Gasteiger partial charge in [-0.2, -0.15) is 0 Å². The van der Waals surface area contributed by atoms with Gasteiger partial charge in [0.15, 0.2) is 5.69 Å². The Bertz CT molecular complexity index is 729. The van der Waals surface area contributed by atoms with E-state index >= 15 is 0 Å². The minimum atomic E-state index is -0.607. The molecular formula is C18H21FN2O4. The molecule has 0 aliphatic rings. The standard InChI is InChI=1S/C18H21FN2O4/c1-3-4-5-9-21(17(22)13-7-6-8-14(19)10-13)11-16-20-15(12-25-16)18(23)24-2/h6-8,10,12H,3-5,9,11H2,1-2H3. The molecule has 6 nitrogen and oxygen atoms in total. The maximum absolute atomic E-state index is 13.4. The molecule has 0 radical (unpaired) electrons. The van der Waals surface area contributed by atoms with Crippen molar-refractivity contribution in [2.45, 2.75) is 32.7 Å². The minimum Gasteiger partial charge on any atom is -0.464 e. The molecular weight excluding hydrogens is 327 g/mol. The van der Waals surface area contributed by atoms with E-state index in [1.54, 1.807) is 6.07 Å². The van der Waals surface area contributed by atoms with Crippen LogP contribution in [0.2, 0.25) is 0 Å². The second kappa shape index (κ2) is 8.96. The lowest BCUT2D eigenvalue weighted by Gasteiger charge is -2.21. The molecule has 1 heterocycles. The van der Waals surface area contributed by atoms with E-state index in [-0.39, 0.29) is 29.6 Å². The molecule has 0 spiro atoms. The number of halogens is 1. The Kier molecular flexibility index (Phi) is 6.68. The van der Waals surface area contributed by atoms with Crippen molar-refractivity contribution in [1.29, 1.82) is 0 Å². The van der Waals surface area contributed by atoms with E-state index in [0.29, 0.717) is 6.54 Å². The molecule has 0 aliphatic heterocycles. The van der Waals surface area contributed by atoms with Crippen LogP contribution in [0.15, 0.2) is 34.9 Å². The van der Waals surface area contributed by atoms with Crippen molar-refractivity contribution in [2.75, 3.05) is 13.7 Å². The average Bonchev–Trinajstić information content (AvgIpc) is 3.08. The molecule has 0 fully saturated rings. The Balaban J connectivity index is 2.16. The van der Waals surface area contributed by atoms with Crippen molar-refractivity contribution in [3.8, 4) is 0 Å². The van der Waals surface area contributed by atoms with Crippen LogP contribution in [-0.4, -0.2) is 35.4 Å². The first-order valence-corrected chi connectivity index (χ1v) is 8.12. The Morgan fingerprint density at radius 2 is 2.12 bits per heavy atom. The van der Waals surface area contributed by atoms with Crippen LogP contribution < -0.4 is 0 Å². The zero-order valence-corrected chi connectivity index (χ0v) is 14.3. The number of aromatic nitrogens is 1. The van der Waals surface area contributed by atoms with Crippen molar-refractivity contribution in [1.82, 2.24) is 9.88 Å². The first-order chi connectivity index (χ1) is 12.0. The average molecular weight is 348 g/mol. The van der Waals surface area contributed by atoms with Crippen LogP contribution in [0.3, 0.4) is 0 Å². The van der Waals surface area contributed by atoms with Crippen LogP contribution >= 0.6 is 0 Å². The van der Waals surface area contributed by atoms with E-state index in [1.807, 2.05) is 0 Å². The summed E-state index contributed by atoms with van der Waals surface area (Å²) in [5.41, 5.74) is 0.306. The predicted molar refractivity (Wildman–Crippen MR) is 88.5 cm³/mol. The van der Waals surface area contributed by atoms with Crippen molar-refractivity contribution in [3.63, 3.8) is 0 Å². The summed E-state index contributed by atoms with van der Waals surface area (Å²) < 4.78 is 23.2. The van der Waals surface area contributed by atoms with E-state index in [2.05, 4.69) is 16.6 Å². The van der Waals surface area contributed by atoms with Crippen LogP contribution in [0.4, 0.5) is 4.39 Å². The van der Waals surface area contributed by atoms with Gasteiger partial charge in [-0.1, -0.05) is 25.8 Å². The van der Waals surface area contributed by atoms with Gasteiger partial charge < -0.3 is 14.1 Å². The van der Waals surface area contributed by atoms with E-state index in [4.69, 9.17) is 4.42 Å². The van der Waals surface area contributed by atoms with Gasteiger partial charge >= 0.3 is 5.97 Å². The summed E-state index contributed by atoms with van der Waals surface area (Å²) in [4.78, 5) is 29.7. The lowest BCUT2D eigenvalue weighted by atomic mass is 10.1. The van der Waals surface area contributed by atoms with E-state index in [0.717, 1.165) is 19.3 Å². The summed E-state index contributed by atoms with van der Waals surface area (Å²) in [5.74, 6) is -1.16. The molecule has 0 aliphatic carbocycles. The topological polar surface area (TPSA) is 72.6 Å². The van der Waals surface area contributed by atoms with Crippen LogP contribution in [0.5, 0.6) is 0 Å². The van der Waals surface area contributed by atoms with Crippen LogP contribution in [-0.2, 0) is 11.3 Å². The van der Waals surface area contributed by atoms with Crippen molar-refractivity contribution < 1.29 is 23.1 Å². The highest BCUT2D eigenvalue weighted by molar-refractivity contribution is 5.94. The van der Waals surface area contributed by atoms with Crippen molar-refractivity contribution in [3.05, 3.63) is 53.5 Å². The van der Waals surface area contributed by atoms with Gasteiger partial charge in [0.25, 0.3) is 5.91 Å². The van der Waals surface area contributed by atoms with Crippen LogP contribution in [0.25, 0.3) is 0 Å². The third-order valence-corrected chi connectivity index (χ3v) is 3.66. The van der Waals surface area contributed by atoms with E-state index in [9.17, 15) is 14.0 Å². The Hall–Kier alpha value is -2.70. The fourth-order valence-corrected chi connectivity index (χ4v) is 2.35. The smallest absolute Gasteiger partial charge is 0.360 e. The molecule has 0 bridgehead atoms. The molecule has 0 atom stereocenters. The molecule has 0 N–H and O–H groups in total. The summed E-state index contributed by atoms with van der Waals surface area (Å²) in [6, 6.07) is 5.54. The number of hydrogen-bond donors (Lipinski definition) is 0. The lowest BCUT2D eigenvalue weighted by Crippen LogP contribution is -2.31. The number of hydrogen-bond acceptors (Lipinski definition) is 5. The molecule has 2 rings (SSSR count). The van der Waals surface area contributed by atoms with E-state index in [1.165, 1.54) is 36.5 Å². The Labute approximate surface area is 145 Å². The molecule has 2 aromatic rings. The Morgan fingerprint density at radius 3 is 2.80 bits per heavy atom. The monoisotopic (exact) mass is 348 g/mol. The summed E-state index contributed by atoms with van der Waals surface area (Å²) >= 11 is 0. The molecule has 7 heteroatoms. The third-order valence-electron chi connectivity index (χ3n) is 3.66. The van der Waals surface area contributed by atoms with Gasteiger partial charge in [-0.05, 0) is 24.6 Å². The van der Waals surface area contributed by atoms with Gasteiger partial charge in [-0.25, -0.2) is 14.2 Å². The molecule has 134 valence electrons. The second-order valence-corrected chi connectivity index (χ2v) is 5.56. The highest BCUT2D eigenvalue weighted by Gasteiger charge is 2.20. The number of esters is 1. The minimum absolute atomic E-state index is 0.0456. The second-order valence-electron chi connectivity index (χ2n) is 5.56. The fraction of sp³-hybridized carbons (Fsp3) is 0.389. The summed E-state index contributed by atoms with van der Waals surface area (Å²) in [7, 11) is 1.25. The molecule has 1 aromatic heterocycles. The van der Waals surface area contributed by atoms with Gasteiger partial charge in [0.05, 0.1) is 13.7 Å². The number of unbranched alkanes of at least 4 members (excludes halogenated alkanes) is 2. The number of carbonyl (C=O) groups excluding carboxylic acids is 2. The highest BCUT2D eigenvalue weighted by atomic mass is 19.1. The van der Waals surface area contributed by atoms with Gasteiger partial charge in [0.1, 0.15) is 12.1 Å². The molecule has 1 aromatic carbocycles. The first kappa shape index (κ1) is 18.6. The molecule has 0 saturated heterocycles. The third kappa shape index (κ3) is 5.14. The molecule has 0 unspecified atom stereocenters. The van der Waals surface area contributed by atoms with Gasteiger partial charge in [-0.3, -0.25) is 4.79 Å². The van der Waals surface area contributed by atoms with Crippen molar-refractivity contribution >= 4 is 11.9 Å². The first-order valence-electron chi connectivity index (χ1n) is 8.12. The van der Waals surface area contributed by atoms with Gasteiger partial charge in [0.2, 0.25) is 5.89 Å². The molecule has 0 saturated carbocycles. The number of nitrogens with zero attached hydrogens (tertiary/aromatic N) is 2. The zero-order chi connectivity index (χ0) is 18.2. The maximum atomic E-state index is 13.4. The lowest BCUT2D eigenvalue weighted by molar-refractivity contribution is 0.0594. The number of oxazole rings is 1. The fourth-order valence-electron chi connectivity index (χ4n) is 2.35. The zero-order valence-electron chi connectivity index (χ0n) is 14.3. The highest BCUT2D eigenvalue weighted by Crippen LogP contribution is 2.13. The SMILES string of the molecule is CCCCCN(Cc1nc(C(=O)OC)co1)C(=O)c1cccc(F)c1. The summed E-state index contributed by atoms with van der Waals surface area (Å²) in [6.45, 7) is 2.64. The number of amides is 1. The van der Waals surface area contributed by atoms with E-state index < -0.39 is 11.8 Å². The maximum Gasteiger partial charge on any atom is 0.360 e. The number of ether oxygens (including phenoxy) is 1. The van der Waals surface area contributed by atoms with Gasteiger partial charge in [0, 0.05) is 12.1 Å². The molecule has 1 amide bonds. The van der Waals surface area contributed by atoms with Gasteiger partial charge in [-0.15, -0.1) is 0 Å². The normalized spacial score (nSPS) is 10.5. The largest absolute Gasteiger partial charge is 0.464 e. The number of rotatable bonds is 8. The number of carbonyl (C=O) groups is 2. The number of methoxy groups -OCH3 is 1. The quantitative estimate of drug-likeness (QED) is 0.540. The van der Waals surface area contributed by atoms with Crippen LogP contribution in [0, 0.1) is 5.82 Å². The summed E-state index contributed by atoms with van der Waals surface area (Å²) in [6.07, 6.45) is 3.97. The Morgan fingerprint density at radius 1 is 1.32 bits per heavy atom. The van der Waals surface area contributed by atoms with Crippen molar-refractivity contribution in [2.24, 2.45) is 0 Å². The summed E-state index contributed by atoms with van der Waals surface area (Å²) in [5, 5.41) is 0. The van der Waals surface area contributed by atoms with Crippen LogP contribution in [0.1, 0.15) is 52.9 Å².